The quantitative estimate of drug-likeness (QED) is 0.587. The third kappa shape index (κ3) is 3.32. The lowest BCUT2D eigenvalue weighted by Crippen LogP contribution is -2.37. The number of carbonyl (C=O) groups is 1. The molecule has 0 aromatic carbocycles. The van der Waals surface area contributed by atoms with E-state index in [1.54, 1.807) is 0 Å². The summed E-state index contributed by atoms with van der Waals surface area (Å²) in [5, 5.41) is 9.61. The van der Waals surface area contributed by atoms with Crippen LogP contribution < -0.4 is 0 Å². The average Bonchev–Trinajstić information content (AvgIpc) is 2.14. The first-order chi connectivity index (χ1) is 6.09. The smallest absolute Gasteiger partial charge is 0.303 e. The van der Waals surface area contributed by atoms with E-state index in [2.05, 4.69) is 4.90 Å². The Morgan fingerprint density at radius 2 is 2.31 bits per heavy atom. The van der Waals surface area contributed by atoms with Gasteiger partial charge in [-0.15, -0.1) is 0 Å². The van der Waals surface area contributed by atoms with Crippen LogP contribution in [-0.4, -0.2) is 48.3 Å². The van der Waals surface area contributed by atoms with Crippen molar-refractivity contribution in [3.63, 3.8) is 0 Å². The molecule has 1 saturated heterocycles. The summed E-state index contributed by atoms with van der Waals surface area (Å²) in [7, 11) is 1.97. The molecule has 4 nitrogen and oxygen atoms in total. The van der Waals surface area contributed by atoms with E-state index in [-0.39, 0.29) is 12.1 Å². The van der Waals surface area contributed by atoms with Crippen molar-refractivity contribution in [3.05, 3.63) is 0 Å². The van der Waals surface area contributed by atoms with E-state index in [9.17, 15) is 9.90 Å². The molecule has 0 bridgehead atoms. The molecule has 0 saturated carbocycles. The van der Waals surface area contributed by atoms with Crippen LogP contribution in [0.15, 0.2) is 0 Å². The van der Waals surface area contributed by atoms with Crippen LogP contribution in [0.5, 0.6) is 0 Å². The minimum Gasteiger partial charge on any atom is -0.458 e. The molecule has 0 aliphatic carbocycles. The molecule has 1 heterocycles. The van der Waals surface area contributed by atoms with Gasteiger partial charge in [0, 0.05) is 13.5 Å². The summed E-state index contributed by atoms with van der Waals surface area (Å²) in [6.45, 7) is 2.95. The van der Waals surface area contributed by atoms with Gasteiger partial charge in [-0.05, 0) is 26.4 Å². The summed E-state index contributed by atoms with van der Waals surface area (Å²) >= 11 is 0. The lowest BCUT2D eigenvalue weighted by atomic mass is 10.1. The first-order valence-electron chi connectivity index (χ1n) is 4.63. The van der Waals surface area contributed by atoms with E-state index in [0.717, 1.165) is 13.0 Å². The zero-order valence-electron chi connectivity index (χ0n) is 8.19. The van der Waals surface area contributed by atoms with Crippen molar-refractivity contribution in [2.24, 2.45) is 0 Å². The molecule has 0 amide bonds. The monoisotopic (exact) mass is 187 g/mol. The van der Waals surface area contributed by atoms with Gasteiger partial charge in [0.15, 0.2) is 0 Å². The van der Waals surface area contributed by atoms with Gasteiger partial charge in [-0.3, -0.25) is 4.79 Å². The first-order valence-corrected chi connectivity index (χ1v) is 4.63. The minimum absolute atomic E-state index is 0.320. The molecule has 1 aliphatic rings. The van der Waals surface area contributed by atoms with Crippen molar-refractivity contribution in [3.8, 4) is 0 Å². The Bertz CT molecular complexity index is 184. The van der Waals surface area contributed by atoms with Gasteiger partial charge in [-0.2, -0.15) is 0 Å². The standard InChI is InChI=1S/C9H17NO3/c1-7(11)13-9-6-10(2)5-3-4-8(9)12/h8-9,12H,3-6H2,1-2H3. The van der Waals surface area contributed by atoms with Gasteiger partial charge in [0.25, 0.3) is 0 Å². The number of likely N-dealkylation sites (N-methyl/N-ethyl adjacent to an activating group) is 1. The van der Waals surface area contributed by atoms with E-state index in [4.69, 9.17) is 4.74 Å². The molecule has 4 heteroatoms. The van der Waals surface area contributed by atoms with Gasteiger partial charge in [-0.1, -0.05) is 0 Å². The summed E-state index contributed by atoms with van der Waals surface area (Å²) in [4.78, 5) is 12.8. The number of aliphatic hydroxyl groups is 1. The number of ether oxygens (including phenoxy) is 1. The second-order valence-electron chi connectivity index (χ2n) is 3.62. The van der Waals surface area contributed by atoms with Crippen LogP contribution in [0, 0.1) is 0 Å². The first kappa shape index (κ1) is 10.5. The highest BCUT2D eigenvalue weighted by molar-refractivity contribution is 5.66. The minimum atomic E-state index is -0.506. The lowest BCUT2D eigenvalue weighted by molar-refractivity contribution is -0.152. The van der Waals surface area contributed by atoms with E-state index in [1.165, 1.54) is 6.92 Å². The maximum absolute atomic E-state index is 10.7. The molecule has 0 radical (unpaired) electrons. The van der Waals surface area contributed by atoms with Crippen molar-refractivity contribution in [1.29, 1.82) is 0 Å². The molecule has 2 unspecified atom stereocenters. The number of nitrogens with zero attached hydrogens (tertiary/aromatic N) is 1. The van der Waals surface area contributed by atoms with Crippen LogP contribution in [0.25, 0.3) is 0 Å². The molecule has 2 atom stereocenters. The average molecular weight is 187 g/mol. The molecule has 0 aromatic heterocycles. The second kappa shape index (κ2) is 4.58. The maximum Gasteiger partial charge on any atom is 0.303 e. The van der Waals surface area contributed by atoms with Gasteiger partial charge in [0.05, 0.1) is 6.10 Å². The van der Waals surface area contributed by atoms with Gasteiger partial charge in [0.1, 0.15) is 6.10 Å². The van der Waals surface area contributed by atoms with Crippen molar-refractivity contribution in [2.45, 2.75) is 32.0 Å². The van der Waals surface area contributed by atoms with Gasteiger partial charge < -0.3 is 14.7 Å². The fraction of sp³-hybridized carbons (Fsp3) is 0.889. The molecular weight excluding hydrogens is 170 g/mol. The second-order valence-corrected chi connectivity index (χ2v) is 3.62. The number of esters is 1. The van der Waals surface area contributed by atoms with E-state index < -0.39 is 6.10 Å². The topological polar surface area (TPSA) is 49.8 Å². The van der Waals surface area contributed by atoms with Gasteiger partial charge >= 0.3 is 5.97 Å². The largest absolute Gasteiger partial charge is 0.458 e. The molecule has 0 aromatic rings. The molecule has 1 fully saturated rings. The van der Waals surface area contributed by atoms with Crippen LogP contribution in [0.1, 0.15) is 19.8 Å². The van der Waals surface area contributed by atoms with Crippen molar-refractivity contribution >= 4 is 5.97 Å². The van der Waals surface area contributed by atoms with Crippen LogP contribution in [-0.2, 0) is 9.53 Å². The zero-order chi connectivity index (χ0) is 9.84. The Kier molecular flexibility index (Phi) is 3.69. The highest BCUT2D eigenvalue weighted by Gasteiger charge is 2.26. The number of hydrogen-bond acceptors (Lipinski definition) is 4. The SMILES string of the molecule is CC(=O)OC1CN(C)CCCC1O. The normalized spacial score (nSPS) is 31.0. The van der Waals surface area contributed by atoms with Crippen molar-refractivity contribution in [1.82, 2.24) is 4.90 Å². The van der Waals surface area contributed by atoms with E-state index in [1.807, 2.05) is 7.05 Å². The molecule has 1 N–H and O–H groups in total. The molecule has 0 spiro atoms. The zero-order valence-corrected chi connectivity index (χ0v) is 8.19. The van der Waals surface area contributed by atoms with Crippen LogP contribution >= 0.6 is 0 Å². The number of likely N-dealkylation sites (tertiary alicyclic amines) is 1. The fourth-order valence-electron chi connectivity index (χ4n) is 1.61. The van der Waals surface area contributed by atoms with Crippen LogP contribution in [0.4, 0.5) is 0 Å². The summed E-state index contributed by atoms with van der Waals surface area (Å²) < 4.78 is 5.02. The Hall–Kier alpha value is -0.610. The summed E-state index contributed by atoms with van der Waals surface area (Å²) in [6, 6.07) is 0. The third-order valence-electron chi connectivity index (χ3n) is 2.28. The highest BCUT2D eigenvalue weighted by Crippen LogP contribution is 2.13. The molecule has 76 valence electrons. The Labute approximate surface area is 78.5 Å². The predicted molar refractivity (Wildman–Crippen MR) is 48.3 cm³/mol. The third-order valence-corrected chi connectivity index (χ3v) is 2.28. The van der Waals surface area contributed by atoms with Crippen LogP contribution in [0.2, 0.25) is 0 Å². The van der Waals surface area contributed by atoms with Gasteiger partial charge in [-0.25, -0.2) is 0 Å². The maximum atomic E-state index is 10.7. The Morgan fingerprint density at radius 1 is 1.62 bits per heavy atom. The Balaban J connectivity index is 2.51. The number of rotatable bonds is 1. The molecule has 1 rings (SSSR count). The Morgan fingerprint density at radius 3 is 2.92 bits per heavy atom. The number of aliphatic hydroxyl groups excluding tert-OH is 1. The van der Waals surface area contributed by atoms with Crippen LogP contribution in [0.3, 0.4) is 0 Å². The van der Waals surface area contributed by atoms with Gasteiger partial charge in [0.2, 0.25) is 0 Å². The number of hydrogen-bond donors (Lipinski definition) is 1. The summed E-state index contributed by atoms with van der Waals surface area (Å²) in [5.41, 5.74) is 0. The lowest BCUT2D eigenvalue weighted by Gasteiger charge is -2.22. The summed E-state index contributed by atoms with van der Waals surface area (Å²) in [6.07, 6.45) is 0.802. The predicted octanol–water partition coefficient (Wildman–Crippen LogP) is 0.00460. The summed E-state index contributed by atoms with van der Waals surface area (Å²) in [5.74, 6) is -0.320. The van der Waals surface area contributed by atoms with E-state index in [0.29, 0.717) is 13.0 Å². The van der Waals surface area contributed by atoms with Crippen molar-refractivity contribution < 1.29 is 14.6 Å². The molecule has 1 aliphatic heterocycles. The highest BCUT2D eigenvalue weighted by atomic mass is 16.6. The molecular formula is C9H17NO3. The molecule has 13 heavy (non-hydrogen) atoms. The van der Waals surface area contributed by atoms with E-state index >= 15 is 0 Å². The van der Waals surface area contributed by atoms with Crippen molar-refractivity contribution in [2.75, 3.05) is 20.1 Å². The fourth-order valence-corrected chi connectivity index (χ4v) is 1.61. The number of carbonyl (C=O) groups excluding carboxylic acids is 1.